The number of amides is 1. The van der Waals surface area contributed by atoms with E-state index >= 15 is 0 Å². The lowest BCUT2D eigenvalue weighted by Gasteiger charge is -2.30. The topological polar surface area (TPSA) is 81.7 Å². The molecule has 3 N–H and O–H groups in total. The zero-order valence-electron chi connectivity index (χ0n) is 20.0. The molecule has 0 spiro atoms. The molecule has 1 aliphatic heterocycles. The van der Waals surface area contributed by atoms with Gasteiger partial charge in [-0.3, -0.25) is 4.79 Å². The zero-order chi connectivity index (χ0) is 22.2. The minimum Gasteiger partial charge on any atom is -0.357 e. The highest BCUT2D eigenvalue weighted by Gasteiger charge is 2.31. The number of aromatic nitrogens is 1. The van der Waals surface area contributed by atoms with Crippen molar-refractivity contribution in [3.63, 3.8) is 0 Å². The van der Waals surface area contributed by atoms with Crippen molar-refractivity contribution < 1.29 is 4.79 Å². The van der Waals surface area contributed by atoms with Crippen LogP contribution in [0.2, 0.25) is 0 Å². The molecule has 0 radical (unpaired) electrons. The Morgan fingerprint density at radius 2 is 1.85 bits per heavy atom. The Labute approximate surface area is 216 Å². The average Bonchev–Trinajstić information content (AvgIpc) is 3.65. The number of hydrogen-bond acceptors (Lipinski definition) is 4. The molecule has 1 aromatic rings. The number of nitrogens with one attached hydrogen (secondary N) is 3. The first-order valence-electron chi connectivity index (χ1n) is 12.8. The third-order valence-electron chi connectivity index (χ3n) is 6.81. The van der Waals surface area contributed by atoms with Gasteiger partial charge in [0.2, 0.25) is 5.91 Å². The summed E-state index contributed by atoms with van der Waals surface area (Å²) in [7, 11) is 0. The van der Waals surface area contributed by atoms with Crippen molar-refractivity contribution in [3.8, 4) is 0 Å². The third-order valence-corrected chi connectivity index (χ3v) is 6.81. The summed E-state index contributed by atoms with van der Waals surface area (Å²) in [5, 5.41) is 10.2. The van der Waals surface area contributed by atoms with Gasteiger partial charge < -0.3 is 20.9 Å². The van der Waals surface area contributed by atoms with Gasteiger partial charge in [-0.1, -0.05) is 19.3 Å². The van der Waals surface area contributed by atoms with E-state index in [1.807, 2.05) is 6.20 Å². The Balaban J connectivity index is 0.00000306. The quantitative estimate of drug-likeness (QED) is 0.264. The first-order valence-corrected chi connectivity index (χ1v) is 12.8. The van der Waals surface area contributed by atoms with Gasteiger partial charge in [0.25, 0.3) is 0 Å². The summed E-state index contributed by atoms with van der Waals surface area (Å²) in [6.45, 7) is 5.73. The van der Waals surface area contributed by atoms with Crippen LogP contribution in [0.3, 0.4) is 0 Å². The lowest BCUT2D eigenvalue weighted by Crippen LogP contribution is -2.47. The number of carbonyl (C=O) groups excluding carboxylic acids is 1. The van der Waals surface area contributed by atoms with Crippen molar-refractivity contribution in [2.24, 2.45) is 10.9 Å². The second-order valence-electron chi connectivity index (χ2n) is 9.61. The van der Waals surface area contributed by atoms with Crippen LogP contribution in [-0.4, -0.2) is 48.6 Å². The fourth-order valence-electron chi connectivity index (χ4n) is 4.82. The molecule has 33 heavy (non-hydrogen) atoms. The average molecular weight is 569 g/mol. The highest BCUT2D eigenvalue weighted by atomic mass is 127. The summed E-state index contributed by atoms with van der Waals surface area (Å²) in [5.74, 6) is 2.29. The maximum atomic E-state index is 12.5. The van der Waals surface area contributed by atoms with Crippen molar-refractivity contribution >= 4 is 41.7 Å². The van der Waals surface area contributed by atoms with Crippen LogP contribution in [0.25, 0.3) is 0 Å². The van der Waals surface area contributed by atoms with E-state index in [4.69, 9.17) is 4.99 Å². The smallest absolute Gasteiger partial charge is 0.223 e. The number of pyridine rings is 1. The van der Waals surface area contributed by atoms with Crippen LogP contribution in [-0.2, 0) is 11.3 Å². The molecule has 3 aliphatic rings. The Kier molecular flexibility index (Phi) is 10.5. The molecule has 4 rings (SSSR count). The highest BCUT2D eigenvalue weighted by molar-refractivity contribution is 14.0. The molecule has 0 bridgehead atoms. The van der Waals surface area contributed by atoms with Gasteiger partial charge in [0.05, 0.1) is 6.54 Å². The monoisotopic (exact) mass is 568 g/mol. The molecule has 7 nitrogen and oxygen atoms in total. The molecule has 1 amide bonds. The van der Waals surface area contributed by atoms with Crippen LogP contribution < -0.4 is 20.9 Å². The second kappa shape index (κ2) is 13.3. The number of carbonyl (C=O) groups is 1. The molecular weight excluding hydrogens is 527 g/mol. The molecule has 1 saturated heterocycles. The Morgan fingerprint density at radius 1 is 1.06 bits per heavy atom. The molecule has 8 heteroatoms. The molecular formula is C25H41IN6O. The van der Waals surface area contributed by atoms with Crippen LogP contribution in [0.1, 0.15) is 76.7 Å². The molecule has 3 fully saturated rings. The maximum absolute atomic E-state index is 12.5. The summed E-state index contributed by atoms with van der Waals surface area (Å²) in [6.07, 6.45) is 13.4. The summed E-state index contributed by atoms with van der Waals surface area (Å²) in [4.78, 5) is 24.4. The highest BCUT2D eigenvalue weighted by Crippen LogP contribution is 2.27. The van der Waals surface area contributed by atoms with E-state index in [0.717, 1.165) is 69.9 Å². The van der Waals surface area contributed by atoms with Crippen LogP contribution >= 0.6 is 24.0 Å². The van der Waals surface area contributed by atoms with Crippen molar-refractivity contribution in [2.45, 2.75) is 89.8 Å². The van der Waals surface area contributed by atoms with Crippen molar-refractivity contribution in [1.82, 2.24) is 20.9 Å². The van der Waals surface area contributed by atoms with E-state index in [2.05, 4.69) is 44.9 Å². The van der Waals surface area contributed by atoms with E-state index in [1.54, 1.807) is 0 Å². The third kappa shape index (κ3) is 8.30. The molecule has 2 unspecified atom stereocenters. The second-order valence-corrected chi connectivity index (χ2v) is 9.61. The number of nitrogens with zero attached hydrogens (tertiary/aromatic N) is 3. The fraction of sp³-hybridized carbons (Fsp3) is 0.720. The number of hydrogen-bond donors (Lipinski definition) is 3. The number of halogens is 1. The van der Waals surface area contributed by atoms with Gasteiger partial charge in [-0.2, -0.15) is 0 Å². The maximum Gasteiger partial charge on any atom is 0.223 e. The van der Waals surface area contributed by atoms with Gasteiger partial charge in [-0.15, -0.1) is 24.0 Å². The molecule has 2 saturated carbocycles. The number of aliphatic imine (C=N–C) groups is 1. The standard InChI is InChI=1S/C25H40N6O.HI/c1-2-26-25(30-22-9-7-8-20(17-22)24(32)29-21-10-11-21)28-18-19-12-13-27-23(16-19)31-14-5-3-4-6-15-31;/h12-13,16,20-22H,2-11,14-15,17-18H2,1H3,(H,29,32)(H2,26,28,30);1H. The normalized spacial score (nSPS) is 23.8. The van der Waals surface area contributed by atoms with Gasteiger partial charge in [0.15, 0.2) is 5.96 Å². The number of anilines is 1. The van der Waals surface area contributed by atoms with Crippen molar-refractivity contribution in [1.29, 1.82) is 0 Å². The lowest BCUT2D eigenvalue weighted by molar-refractivity contribution is -0.126. The molecule has 184 valence electrons. The van der Waals surface area contributed by atoms with E-state index in [0.29, 0.717) is 18.6 Å². The molecule has 2 heterocycles. The summed E-state index contributed by atoms with van der Waals surface area (Å²) in [6, 6.07) is 4.99. The van der Waals surface area contributed by atoms with E-state index in [1.165, 1.54) is 31.2 Å². The Hall–Kier alpha value is -1.58. The van der Waals surface area contributed by atoms with E-state index < -0.39 is 0 Å². The van der Waals surface area contributed by atoms with E-state index in [-0.39, 0.29) is 35.8 Å². The van der Waals surface area contributed by atoms with Crippen LogP contribution in [0, 0.1) is 5.92 Å². The van der Waals surface area contributed by atoms with Gasteiger partial charge in [-0.25, -0.2) is 9.98 Å². The zero-order valence-corrected chi connectivity index (χ0v) is 22.4. The minimum atomic E-state index is 0. The Morgan fingerprint density at radius 3 is 2.58 bits per heavy atom. The summed E-state index contributed by atoms with van der Waals surface area (Å²) in [5.41, 5.74) is 1.18. The number of rotatable bonds is 7. The molecule has 1 aromatic heterocycles. The van der Waals surface area contributed by atoms with Gasteiger partial charge in [0, 0.05) is 43.8 Å². The first-order chi connectivity index (χ1) is 15.7. The van der Waals surface area contributed by atoms with Crippen LogP contribution in [0.15, 0.2) is 23.3 Å². The molecule has 2 aliphatic carbocycles. The van der Waals surface area contributed by atoms with Gasteiger partial charge in [0.1, 0.15) is 5.82 Å². The van der Waals surface area contributed by atoms with Crippen molar-refractivity contribution in [2.75, 3.05) is 24.5 Å². The van der Waals surface area contributed by atoms with Crippen LogP contribution in [0.4, 0.5) is 5.82 Å². The van der Waals surface area contributed by atoms with Gasteiger partial charge >= 0.3 is 0 Å². The number of guanidine groups is 1. The fourth-order valence-corrected chi connectivity index (χ4v) is 4.82. The molecule has 2 atom stereocenters. The lowest BCUT2D eigenvalue weighted by atomic mass is 9.85. The van der Waals surface area contributed by atoms with Gasteiger partial charge in [-0.05, 0) is 69.6 Å². The minimum absolute atomic E-state index is 0. The summed E-state index contributed by atoms with van der Waals surface area (Å²) < 4.78 is 0. The van der Waals surface area contributed by atoms with E-state index in [9.17, 15) is 4.79 Å². The first kappa shape index (κ1) is 26.0. The molecule has 0 aromatic carbocycles. The SMILES string of the molecule is CCNC(=NCc1ccnc(N2CCCCCC2)c1)NC1CCCC(C(=O)NC2CC2)C1.I. The van der Waals surface area contributed by atoms with Crippen LogP contribution in [0.5, 0.6) is 0 Å². The Bertz CT molecular complexity index is 776. The predicted octanol–water partition coefficient (Wildman–Crippen LogP) is 3.97. The summed E-state index contributed by atoms with van der Waals surface area (Å²) >= 11 is 0. The predicted molar refractivity (Wildman–Crippen MR) is 145 cm³/mol. The van der Waals surface area contributed by atoms with Crippen molar-refractivity contribution in [3.05, 3.63) is 23.9 Å². The largest absolute Gasteiger partial charge is 0.357 e.